The molecule has 2 aromatic carbocycles. The van der Waals surface area contributed by atoms with Gasteiger partial charge in [0.15, 0.2) is 0 Å². The zero-order valence-electron chi connectivity index (χ0n) is 9.80. The van der Waals surface area contributed by atoms with Crippen LogP contribution < -0.4 is 10.4 Å². The average Bonchev–Trinajstić information content (AvgIpc) is 2.57. The molecule has 84 valence electrons. The van der Waals surface area contributed by atoms with Gasteiger partial charge in [-0.25, -0.2) is 0 Å². The van der Waals surface area contributed by atoms with Crippen LogP contribution in [-0.2, 0) is 0 Å². The second-order valence-corrected chi connectivity index (χ2v) is 4.56. The summed E-state index contributed by atoms with van der Waals surface area (Å²) >= 11 is 0. The van der Waals surface area contributed by atoms with Crippen LogP contribution in [0.1, 0.15) is 11.3 Å². The second-order valence-electron chi connectivity index (χ2n) is 4.56. The van der Waals surface area contributed by atoms with Gasteiger partial charge in [-0.2, -0.15) is 0 Å². The average molecular weight is 229 g/mol. The molecule has 0 atom stereocenters. The van der Waals surface area contributed by atoms with Gasteiger partial charge in [0.1, 0.15) is 0 Å². The maximum absolute atomic E-state index is 4.52. The standard InChI is InChI=1S/C17H11N/c1-2-5-14-11-16-17-12(8-9-18-16)6-3-7-15(17)10-13(14)4-1/h1-11H. The van der Waals surface area contributed by atoms with Gasteiger partial charge in [-0.15, -0.1) is 0 Å². The molecule has 0 amide bonds. The number of hydrogen-bond acceptors (Lipinski definition) is 1. The predicted molar refractivity (Wildman–Crippen MR) is 74.6 cm³/mol. The van der Waals surface area contributed by atoms with Gasteiger partial charge in [0.05, 0.1) is 5.69 Å². The van der Waals surface area contributed by atoms with Crippen LogP contribution in [0, 0.1) is 0 Å². The van der Waals surface area contributed by atoms with Crippen molar-refractivity contribution in [1.82, 2.24) is 4.98 Å². The Bertz CT molecular complexity index is 806. The Morgan fingerprint density at radius 1 is 0.722 bits per heavy atom. The lowest BCUT2D eigenvalue weighted by Gasteiger charge is -2.03. The van der Waals surface area contributed by atoms with Crippen molar-refractivity contribution in [3.63, 3.8) is 0 Å². The van der Waals surface area contributed by atoms with Gasteiger partial charge in [0.25, 0.3) is 0 Å². The number of aromatic nitrogens is 1. The first kappa shape index (κ1) is 9.60. The maximum Gasteiger partial charge on any atom is 0.0720 e. The Labute approximate surface area is 105 Å². The molecule has 0 fully saturated rings. The predicted octanol–water partition coefficient (Wildman–Crippen LogP) is 2.21. The van der Waals surface area contributed by atoms with E-state index in [0.717, 1.165) is 5.69 Å². The number of pyridine rings is 1. The van der Waals surface area contributed by atoms with E-state index < -0.39 is 0 Å². The first-order valence-corrected chi connectivity index (χ1v) is 6.08. The van der Waals surface area contributed by atoms with Crippen molar-refractivity contribution >= 4 is 22.9 Å². The Hall–Kier alpha value is -2.41. The normalized spacial score (nSPS) is 12.2. The minimum Gasteiger partial charge on any atom is -0.256 e. The summed E-state index contributed by atoms with van der Waals surface area (Å²) in [5, 5.41) is 4.98. The molecular formula is C17H11N. The lowest BCUT2D eigenvalue weighted by molar-refractivity contribution is 1.32. The molecule has 1 aromatic heterocycles. The van der Waals surface area contributed by atoms with E-state index >= 15 is 0 Å². The Kier molecular flexibility index (Phi) is 1.89. The molecule has 1 nitrogen and oxygen atoms in total. The van der Waals surface area contributed by atoms with E-state index in [1.807, 2.05) is 6.20 Å². The molecule has 0 bridgehead atoms. The topological polar surface area (TPSA) is 12.9 Å². The summed E-state index contributed by atoms with van der Waals surface area (Å²) in [6.07, 6.45) is 6.29. The highest BCUT2D eigenvalue weighted by molar-refractivity contribution is 5.96. The fraction of sp³-hybridized carbons (Fsp3) is 0. The van der Waals surface area contributed by atoms with Gasteiger partial charge < -0.3 is 0 Å². The van der Waals surface area contributed by atoms with E-state index in [4.69, 9.17) is 0 Å². The molecule has 0 spiro atoms. The number of nitrogens with zero attached hydrogens (tertiary/aromatic N) is 1. The lowest BCUT2D eigenvalue weighted by atomic mass is 10.0. The third kappa shape index (κ3) is 1.31. The van der Waals surface area contributed by atoms with E-state index in [2.05, 4.69) is 65.7 Å². The second kappa shape index (κ2) is 3.54. The molecule has 0 saturated carbocycles. The highest BCUT2D eigenvalue weighted by Crippen LogP contribution is 2.23. The summed E-state index contributed by atoms with van der Waals surface area (Å²) in [6.45, 7) is 0. The third-order valence-corrected chi connectivity index (χ3v) is 3.45. The molecule has 1 heterocycles. The highest BCUT2D eigenvalue weighted by atomic mass is 14.7. The molecule has 18 heavy (non-hydrogen) atoms. The van der Waals surface area contributed by atoms with Crippen LogP contribution in [0.15, 0.2) is 54.7 Å². The Balaban J connectivity index is 2.30. The summed E-state index contributed by atoms with van der Waals surface area (Å²) in [5.74, 6) is 0. The van der Waals surface area contributed by atoms with Crippen molar-refractivity contribution in [2.24, 2.45) is 0 Å². The molecule has 1 aliphatic carbocycles. The highest BCUT2D eigenvalue weighted by Gasteiger charge is 2.06. The molecule has 1 heteroatoms. The maximum atomic E-state index is 4.52. The van der Waals surface area contributed by atoms with Gasteiger partial charge in [0.2, 0.25) is 0 Å². The van der Waals surface area contributed by atoms with E-state index in [1.54, 1.807) is 0 Å². The van der Waals surface area contributed by atoms with E-state index in [-0.39, 0.29) is 0 Å². The molecular weight excluding hydrogens is 218 g/mol. The fourth-order valence-electron chi connectivity index (χ4n) is 2.60. The molecule has 0 N–H and O–H groups in total. The summed E-state index contributed by atoms with van der Waals surface area (Å²) in [5.41, 5.74) is 2.31. The van der Waals surface area contributed by atoms with Crippen LogP contribution in [-0.4, -0.2) is 4.98 Å². The van der Waals surface area contributed by atoms with Crippen molar-refractivity contribution in [1.29, 1.82) is 0 Å². The molecule has 0 aliphatic heterocycles. The summed E-state index contributed by atoms with van der Waals surface area (Å²) in [4.78, 5) is 4.52. The van der Waals surface area contributed by atoms with Crippen LogP contribution in [0.3, 0.4) is 0 Å². The number of rotatable bonds is 0. The van der Waals surface area contributed by atoms with Crippen molar-refractivity contribution in [2.45, 2.75) is 0 Å². The Morgan fingerprint density at radius 2 is 1.56 bits per heavy atom. The minimum atomic E-state index is 1.06. The summed E-state index contributed by atoms with van der Waals surface area (Å²) < 4.78 is 0. The van der Waals surface area contributed by atoms with E-state index in [9.17, 15) is 0 Å². The molecule has 0 unspecified atom stereocenters. The summed E-state index contributed by atoms with van der Waals surface area (Å²) in [7, 11) is 0. The smallest absolute Gasteiger partial charge is 0.0720 e. The largest absolute Gasteiger partial charge is 0.256 e. The van der Waals surface area contributed by atoms with Crippen LogP contribution in [0.5, 0.6) is 0 Å². The van der Waals surface area contributed by atoms with Gasteiger partial charge >= 0.3 is 0 Å². The number of fused-ring (bicyclic) bond motifs is 1. The van der Waals surface area contributed by atoms with Crippen LogP contribution in [0.4, 0.5) is 0 Å². The van der Waals surface area contributed by atoms with Gasteiger partial charge in [-0.05, 0) is 39.6 Å². The monoisotopic (exact) mass is 229 g/mol. The zero-order valence-corrected chi connectivity index (χ0v) is 9.80. The molecule has 3 aromatic rings. The fourth-order valence-corrected chi connectivity index (χ4v) is 2.60. The molecule has 1 aliphatic rings. The minimum absolute atomic E-state index is 1.06. The first-order chi connectivity index (χ1) is 8.92. The first-order valence-electron chi connectivity index (χ1n) is 6.08. The quantitative estimate of drug-likeness (QED) is 0.450. The van der Waals surface area contributed by atoms with Crippen molar-refractivity contribution < 1.29 is 0 Å². The van der Waals surface area contributed by atoms with E-state index in [1.165, 1.54) is 26.8 Å². The molecule has 0 saturated heterocycles. The van der Waals surface area contributed by atoms with Gasteiger partial charge in [0, 0.05) is 11.6 Å². The lowest BCUT2D eigenvalue weighted by Crippen LogP contribution is -2.23. The number of hydrogen-bond donors (Lipinski definition) is 0. The third-order valence-electron chi connectivity index (χ3n) is 3.45. The zero-order chi connectivity index (χ0) is 11.9. The van der Waals surface area contributed by atoms with Crippen molar-refractivity contribution in [3.8, 4) is 0 Å². The summed E-state index contributed by atoms with van der Waals surface area (Å²) in [6, 6.07) is 16.9. The van der Waals surface area contributed by atoms with Crippen LogP contribution in [0.2, 0.25) is 0 Å². The Morgan fingerprint density at radius 3 is 2.44 bits per heavy atom. The van der Waals surface area contributed by atoms with Crippen molar-refractivity contribution in [2.75, 3.05) is 0 Å². The number of benzene rings is 2. The van der Waals surface area contributed by atoms with Gasteiger partial charge in [-0.1, -0.05) is 42.5 Å². The SMILES string of the molecule is C1=c2ccccc2=Cc2nccc3cccc1c23. The molecule has 0 radical (unpaired) electrons. The molecule has 4 rings (SSSR count). The van der Waals surface area contributed by atoms with Gasteiger partial charge in [-0.3, -0.25) is 4.98 Å². The van der Waals surface area contributed by atoms with Crippen molar-refractivity contribution in [3.05, 3.63) is 76.4 Å². The van der Waals surface area contributed by atoms with E-state index in [0.29, 0.717) is 0 Å². The van der Waals surface area contributed by atoms with Crippen LogP contribution in [0.25, 0.3) is 22.9 Å². The van der Waals surface area contributed by atoms with Crippen LogP contribution >= 0.6 is 0 Å².